The van der Waals surface area contributed by atoms with Crippen LogP contribution in [-0.2, 0) is 17.9 Å². The minimum absolute atomic E-state index is 0.286. The van der Waals surface area contributed by atoms with E-state index in [1.807, 2.05) is 42.6 Å². The predicted molar refractivity (Wildman–Crippen MR) is 106 cm³/mol. The second kappa shape index (κ2) is 9.30. The standard InChI is InChI=1S/C20H22ClN3O3/c21-16-5-7-18(8-6-16)23(13-14-27-15-17-3-1-9-22-17)11-12-24-10-2-4-19(24)20(25)26/h1-10,22H,11-15H2,(H,25,26). The summed E-state index contributed by atoms with van der Waals surface area (Å²) in [7, 11) is 0. The molecule has 2 aromatic heterocycles. The lowest BCUT2D eigenvalue weighted by molar-refractivity contribution is 0.0685. The van der Waals surface area contributed by atoms with Crippen molar-refractivity contribution in [3.63, 3.8) is 0 Å². The summed E-state index contributed by atoms with van der Waals surface area (Å²) in [6.07, 6.45) is 3.65. The maximum atomic E-state index is 11.3. The van der Waals surface area contributed by atoms with Gasteiger partial charge in [0.25, 0.3) is 0 Å². The molecule has 0 bridgehead atoms. The van der Waals surface area contributed by atoms with Gasteiger partial charge in [-0.05, 0) is 48.5 Å². The van der Waals surface area contributed by atoms with Crippen molar-refractivity contribution in [2.24, 2.45) is 0 Å². The summed E-state index contributed by atoms with van der Waals surface area (Å²) in [6, 6.07) is 14.9. The molecule has 0 saturated heterocycles. The lowest BCUT2D eigenvalue weighted by Gasteiger charge is -2.25. The number of aromatic amines is 1. The summed E-state index contributed by atoms with van der Waals surface area (Å²) in [5.74, 6) is -0.924. The number of carboxylic acid groups (broad SMARTS) is 1. The van der Waals surface area contributed by atoms with Crippen LogP contribution in [0.1, 0.15) is 16.2 Å². The quantitative estimate of drug-likeness (QED) is 0.518. The number of halogens is 1. The number of H-pyrrole nitrogens is 1. The number of anilines is 1. The molecule has 0 amide bonds. The Balaban J connectivity index is 1.61. The zero-order valence-corrected chi connectivity index (χ0v) is 15.6. The fraction of sp³-hybridized carbons (Fsp3) is 0.250. The molecule has 3 rings (SSSR count). The number of carboxylic acids is 1. The van der Waals surface area contributed by atoms with Crippen LogP contribution in [0.15, 0.2) is 60.9 Å². The number of ether oxygens (including phenoxy) is 1. The number of benzene rings is 1. The number of carbonyl (C=O) groups is 1. The van der Waals surface area contributed by atoms with Gasteiger partial charge in [0.05, 0.1) is 13.2 Å². The fourth-order valence-electron chi connectivity index (χ4n) is 2.87. The van der Waals surface area contributed by atoms with Gasteiger partial charge < -0.3 is 24.3 Å². The predicted octanol–water partition coefficient (Wildman–Crippen LogP) is 3.89. The smallest absolute Gasteiger partial charge is 0.352 e. The van der Waals surface area contributed by atoms with Gasteiger partial charge in [0, 0.05) is 48.4 Å². The molecule has 0 aliphatic heterocycles. The van der Waals surface area contributed by atoms with E-state index >= 15 is 0 Å². The Morgan fingerprint density at radius 3 is 2.67 bits per heavy atom. The number of nitrogens with zero attached hydrogens (tertiary/aromatic N) is 2. The molecule has 0 fully saturated rings. The van der Waals surface area contributed by atoms with Gasteiger partial charge in [-0.2, -0.15) is 0 Å². The van der Waals surface area contributed by atoms with Crippen molar-refractivity contribution in [2.75, 3.05) is 24.6 Å². The van der Waals surface area contributed by atoms with Crippen molar-refractivity contribution >= 4 is 23.3 Å². The summed E-state index contributed by atoms with van der Waals surface area (Å²) in [5.41, 5.74) is 2.34. The van der Waals surface area contributed by atoms with Gasteiger partial charge in [0.15, 0.2) is 0 Å². The highest BCUT2D eigenvalue weighted by Gasteiger charge is 2.11. The minimum atomic E-state index is -0.924. The van der Waals surface area contributed by atoms with Crippen LogP contribution in [-0.4, -0.2) is 40.3 Å². The minimum Gasteiger partial charge on any atom is -0.477 e. The topological polar surface area (TPSA) is 70.5 Å². The van der Waals surface area contributed by atoms with E-state index in [4.69, 9.17) is 16.3 Å². The van der Waals surface area contributed by atoms with E-state index in [-0.39, 0.29) is 5.69 Å². The Labute approximate surface area is 162 Å². The molecule has 142 valence electrons. The van der Waals surface area contributed by atoms with E-state index in [0.29, 0.717) is 37.9 Å². The van der Waals surface area contributed by atoms with Gasteiger partial charge in [-0.1, -0.05) is 11.6 Å². The maximum Gasteiger partial charge on any atom is 0.352 e. The Kier molecular flexibility index (Phi) is 6.57. The van der Waals surface area contributed by atoms with E-state index in [1.165, 1.54) is 0 Å². The largest absolute Gasteiger partial charge is 0.477 e. The summed E-state index contributed by atoms with van der Waals surface area (Å²) in [5, 5.41) is 9.94. The Morgan fingerprint density at radius 1 is 1.15 bits per heavy atom. The van der Waals surface area contributed by atoms with Crippen molar-refractivity contribution in [1.82, 2.24) is 9.55 Å². The van der Waals surface area contributed by atoms with E-state index < -0.39 is 5.97 Å². The van der Waals surface area contributed by atoms with Crippen molar-refractivity contribution < 1.29 is 14.6 Å². The third kappa shape index (κ3) is 5.39. The lowest BCUT2D eigenvalue weighted by Crippen LogP contribution is -2.31. The van der Waals surface area contributed by atoms with Gasteiger partial charge in [0.2, 0.25) is 0 Å². The van der Waals surface area contributed by atoms with Gasteiger partial charge in [0.1, 0.15) is 5.69 Å². The first-order valence-corrected chi connectivity index (χ1v) is 9.10. The number of rotatable bonds is 10. The van der Waals surface area contributed by atoms with Crippen LogP contribution < -0.4 is 4.90 Å². The average molecular weight is 388 g/mol. The van der Waals surface area contributed by atoms with Crippen molar-refractivity contribution in [1.29, 1.82) is 0 Å². The molecule has 6 nitrogen and oxygen atoms in total. The first-order chi connectivity index (χ1) is 13.1. The number of aromatic carboxylic acids is 1. The van der Waals surface area contributed by atoms with Crippen LogP contribution in [0.2, 0.25) is 5.02 Å². The molecule has 0 radical (unpaired) electrons. The third-order valence-electron chi connectivity index (χ3n) is 4.28. The van der Waals surface area contributed by atoms with Crippen molar-refractivity contribution in [3.8, 4) is 0 Å². The second-order valence-corrected chi connectivity index (χ2v) is 6.54. The van der Waals surface area contributed by atoms with Gasteiger partial charge in [-0.25, -0.2) is 4.79 Å². The van der Waals surface area contributed by atoms with Crippen LogP contribution in [0.5, 0.6) is 0 Å². The van der Waals surface area contributed by atoms with E-state index in [1.54, 1.807) is 22.9 Å². The SMILES string of the molecule is O=C(O)c1cccn1CCN(CCOCc1ccc[nH]1)c1ccc(Cl)cc1. The van der Waals surface area contributed by atoms with Crippen LogP contribution in [0.4, 0.5) is 5.69 Å². The molecule has 0 aliphatic rings. The van der Waals surface area contributed by atoms with Gasteiger partial charge in [-0.15, -0.1) is 0 Å². The van der Waals surface area contributed by atoms with Crippen molar-refractivity contribution in [2.45, 2.75) is 13.2 Å². The number of hydrogen-bond donors (Lipinski definition) is 2. The maximum absolute atomic E-state index is 11.3. The van der Waals surface area contributed by atoms with Crippen LogP contribution in [0.3, 0.4) is 0 Å². The summed E-state index contributed by atoms with van der Waals surface area (Å²) >= 11 is 6.00. The molecule has 0 spiro atoms. The molecule has 0 atom stereocenters. The molecule has 2 heterocycles. The Bertz CT molecular complexity index is 844. The van der Waals surface area contributed by atoms with Gasteiger partial charge >= 0.3 is 5.97 Å². The Hall–Kier alpha value is -2.70. The van der Waals surface area contributed by atoms with Crippen LogP contribution in [0, 0.1) is 0 Å². The molecule has 7 heteroatoms. The lowest BCUT2D eigenvalue weighted by atomic mass is 10.3. The van der Waals surface area contributed by atoms with Gasteiger partial charge in [-0.3, -0.25) is 0 Å². The third-order valence-corrected chi connectivity index (χ3v) is 4.53. The first-order valence-electron chi connectivity index (χ1n) is 8.72. The first kappa shape index (κ1) is 19.1. The summed E-state index contributed by atoms with van der Waals surface area (Å²) < 4.78 is 7.49. The highest BCUT2D eigenvalue weighted by molar-refractivity contribution is 6.30. The molecule has 0 unspecified atom stereocenters. The number of hydrogen-bond acceptors (Lipinski definition) is 3. The zero-order chi connectivity index (χ0) is 19.1. The molecule has 0 saturated carbocycles. The summed E-state index contributed by atoms with van der Waals surface area (Å²) in [6.45, 7) is 2.99. The number of nitrogens with one attached hydrogen (secondary N) is 1. The van der Waals surface area contributed by atoms with E-state index in [2.05, 4.69) is 9.88 Å². The van der Waals surface area contributed by atoms with Crippen molar-refractivity contribution in [3.05, 3.63) is 77.3 Å². The average Bonchev–Trinajstić information content (AvgIpc) is 3.33. The monoisotopic (exact) mass is 387 g/mol. The summed E-state index contributed by atoms with van der Waals surface area (Å²) in [4.78, 5) is 16.6. The molecular weight excluding hydrogens is 366 g/mol. The molecular formula is C20H22ClN3O3. The fourth-order valence-corrected chi connectivity index (χ4v) is 2.99. The highest BCUT2D eigenvalue weighted by atomic mass is 35.5. The zero-order valence-electron chi connectivity index (χ0n) is 14.8. The molecule has 0 aliphatic carbocycles. The molecule has 1 aromatic carbocycles. The number of aromatic nitrogens is 2. The van der Waals surface area contributed by atoms with Crippen LogP contribution in [0.25, 0.3) is 0 Å². The normalized spacial score (nSPS) is 10.9. The van der Waals surface area contributed by atoms with E-state index in [0.717, 1.165) is 11.4 Å². The molecule has 3 aromatic rings. The second-order valence-electron chi connectivity index (χ2n) is 6.10. The molecule has 27 heavy (non-hydrogen) atoms. The Morgan fingerprint density at radius 2 is 1.96 bits per heavy atom. The molecule has 2 N–H and O–H groups in total. The van der Waals surface area contributed by atoms with Crippen LogP contribution >= 0.6 is 11.6 Å². The highest BCUT2D eigenvalue weighted by Crippen LogP contribution is 2.18. The van der Waals surface area contributed by atoms with E-state index in [9.17, 15) is 9.90 Å².